The molecule has 0 aromatic carbocycles. The maximum Gasteiger partial charge on any atom is 0.0953 e. The maximum absolute atomic E-state index is 9.02. The molecule has 1 aromatic rings. The molecule has 3 nitrogen and oxygen atoms in total. The molecule has 0 aliphatic rings. The van der Waals surface area contributed by atoms with E-state index in [1.54, 1.807) is 11.3 Å². The van der Waals surface area contributed by atoms with Crippen LogP contribution in [0.5, 0.6) is 0 Å². The van der Waals surface area contributed by atoms with E-state index >= 15 is 0 Å². The largest absolute Gasteiger partial charge is 0.395 e. The number of rotatable bonds is 6. The molecule has 15 heavy (non-hydrogen) atoms. The van der Waals surface area contributed by atoms with Crippen LogP contribution in [0.15, 0.2) is 6.20 Å². The minimum Gasteiger partial charge on any atom is -0.395 e. The Hall–Kier alpha value is -0.450. The van der Waals surface area contributed by atoms with Gasteiger partial charge in [-0.15, -0.1) is 11.3 Å². The second-order valence-corrected chi connectivity index (χ2v) is 5.13. The van der Waals surface area contributed by atoms with E-state index < -0.39 is 0 Å². The van der Waals surface area contributed by atoms with Crippen molar-refractivity contribution in [1.82, 2.24) is 10.3 Å². The summed E-state index contributed by atoms with van der Waals surface area (Å²) in [5.74, 6) is 0.503. The van der Waals surface area contributed by atoms with E-state index in [1.807, 2.05) is 6.20 Å². The molecular weight excluding hydrogens is 208 g/mol. The highest BCUT2D eigenvalue weighted by Gasteiger charge is 2.07. The quantitative estimate of drug-likeness (QED) is 0.784. The van der Waals surface area contributed by atoms with E-state index in [9.17, 15) is 0 Å². The van der Waals surface area contributed by atoms with Crippen molar-refractivity contribution in [3.05, 3.63) is 16.1 Å². The number of hydrogen-bond acceptors (Lipinski definition) is 4. The van der Waals surface area contributed by atoms with Gasteiger partial charge in [-0.1, -0.05) is 20.8 Å². The lowest BCUT2D eigenvalue weighted by molar-refractivity contribution is 0.238. The molecule has 0 bridgehead atoms. The van der Waals surface area contributed by atoms with E-state index in [4.69, 9.17) is 5.11 Å². The molecular formula is C11H20N2OS. The molecule has 0 spiro atoms. The summed E-state index contributed by atoms with van der Waals surface area (Å²) in [4.78, 5) is 5.60. The minimum absolute atomic E-state index is 0.201. The molecule has 1 rings (SSSR count). The van der Waals surface area contributed by atoms with Crippen molar-refractivity contribution in [2.24, 2.45) is 0 Å². The second-order valence-electron chi connectivity index (χ2n) is 3.99. The van der Waals surface area contributed by atoms with Gasteiger partial charge in [0.1, 0.15) is 0 Å². The predicted molar refractivity (Wildman–Crippen MR) is 64.2 cm³/mol. The Kier molecular flexibility index (Phi) is 5.22. The van der Waals surface area contributed by atoms with Crippen LogP contribution in [0, 0.1) is 0 Å². The van der Waals surface area contributed by atoms with Crippen LogP contribution in [0.25, 0.3) is 0 Å². The predicted octanol–water partition coefficient (Wildman–Crippen LogP) is 2.13. The molecule has 0 saturated carbocycles. The summed E-state index contributed by atoms with van der Waals surface area (Å²) >= 11 is 1.75. The fourth-order valence-electron chi connectivity index (χ4n) is 1.25. The van der Waals surface area contributed by atoms with Gasteiger partial charge in [0.05, 0.1) is 11.6 Å². The molecule has 4 heteroatoms. The highest BCUT2D eigenvalue weighted by molar-refractivity contribution is 7.11. The minimum atomic E-state index is 0.201. The smallest absolute Gasteiger partial charge is 0.0953 e. The molecule has 0 aliphatic carbocycles. The summed E-state index contributed by atoms with van der Waals surface area (Å²) in [6.07, 6.45) is 2.88. The summed E-state index contributed by atoms with van der Waals surface area (Å²) < 4.78 is 0. The van der Waals surface area contributed by atoms with Crippen LogP contribution in [0.2, 0.25) is 0 Å². The van der Waals surface area contributed by atoms with Gasteiger partial charge in [-0.05, 0) is 6.42 Å². The molecule has 1 atom stereocenters. The normalized spacial score (nSPS) is 13.4. The molecule has 1 unspecified atom stereocenters. The summed E-state index contributed by atoms with van der Waals surface area (Å²) in [5, 5.41) is 13.5. The SMILES string of the molecule is CCC(CO)NCc1cnc(C(C)C)s1. The summed E-state index contributed by atoms with van der Waals surface area (Å²) in [6, 6.07) is 0.203. The summed E-state index contributed by atoms with van der Waals surface area (Å²) in [6.45, 7) is 7.38. The molecule has 1 heterocycles. The van der Waals surface area contributed by atoms with Crippen LogP contribution < -0.4 is 5.32 Å². The van der Waals surface area contributed by atoms with Crippen molar-refractivity contribution in [2.45, 2.75) is 45.7 Å². The average Bonchev–Trinajstić information content (AvgIpc) is 2.68. The molecule has 0 saturated heterocycles. The van der Waals surface area contributed by atoms with Gasteiger partial charge in [-0.3, -0.25) is 0 Å². The molecule has 0 fully saturated rings. The number of aromatic nitrogens is 1. The standard InChI is InChI=1S/C11H20N2OS/c1-4-9(7-14)12-5-10-6-13-11(15-10)8(2)3/h6,8-9,12,14H,4-5,7H2,1-3H3. The highest BCUT2D eigenvalue weighted by Crippen LogP contribution is 2.20. The van der Waals surface area contributed by atoms with Crippen molar-refractivity contribution in [2.75, 3.05) is 6.61 Å². The monoisotopic (exact) mass is 228 g/mol. The first-order valence-electron chi connectivity index (χ1n) is 5.46. The van der Waals surface area contributed by atoms with Gasteiger partial charge in [0.2, 0.25) is 0 Å². The van der Waals surface area contributed by atoms with Crippen molar-refractivity contribution < 1.29 is 5.11 Å². The number of aliphatic hydroxyl groups excluding tert-OH is 1. The second kappa shape index (κ2) is 6.20. The lowest BCUT2D eigenvalue weighted by Gasteiger charge is -2.12. The molecule has 86 valence electrons. The number of nitrogens with zero attached hydrogens (tertiary/aromatic N) is 1. The van der Waals surface area contributed by atoms with Gasteiger partial charge in [0.15, 0.2) is 0 Å². The fourth-order valence-corrected chi connectivity index (χ4v) is 2.12. The van der Waals surface area contributed by atoms with E-state index in [0.717, 1.165) is 13.0 Å². The third-order valence-corrected chi connectivity index (χ3v) is 3.64. The Labute approximate surface area is 95.6 Å². The lowest BCUT2D eigenvalue weighted by Crippen LogP contribution is -2.30. The van der Waals surface area contributed by atoms with Gasteiger partial charge in [-0.25, -0.2) is 4.98 Å². The van der Waals surface area contributed by atoms with Crippen LogP contribution >= 0.6 is 11.3 Å². The fraction of sp³-hybridized carbons (Fsp3) is 0.727. The Morgan fingerprint density at radius 3 is 2.73 bits per heavy atom. The first-order chi connectivity index (χ1) is 7.17. The van der Waals surface area contributed by atoms with E-state index in [1.165, 1.54) is 9.88 Å². The van der Waals surface area contributed by atoms with Gasteiger partial charge < -0.3 is 10.4 Å². The van der Waals surface area contributed by atoms with Gasteiger partial charge >= 0.3 is 0 Å². The Bertz CT molecular complexity index is 282. The average molecular weight is 228 g/mol. The van der Waals surface area contributed by atoms with E-state index in [2.05, 4.69) is 31.1 Å². The zero-order valence-corrected chi connectivity index (χ0v) is 10.5. The zero-order valence-electron chi connectivity index (χ0n) is 9.66. The van der Waals surface area contributed by atoms with E-state index in [-0.39, 0.29) is 12.6 Å². The summed E-state index contributed by atoms with van der Waals surface area (Å²) in [5.41, 5.74) is 0. The third-order valence-electron chi connectivity index (χ3n) is 2.34. The summed E-state index contributed by atoms with van der Waals surface area (Å²) in [7, 11) is 0. The number of nitrogens with one attached hydrogen (secondary N) is 1. The number of aliphatic hydroxyl groups is 1. The Morgan fingerprint density at radius 2 is 2.27 bits per heavy atom. The topological polar surface area (TPSA) is 45.1 Å². The van der Waals surface area contributed by atoms with Crippen molar-refractivity contribution >= 4 is 11.3 Å². The van der Waals surface area contributed by atoms with Crippen LogP contribution in [0.3, 0.4) is 0 Å². The van der Waals surface area contributed by atoms with Gasteiger partial charge in [0, 0.05) is 29.6 Å². The Morgan fingerprint density at radius 1 is 1.53 bits per heavy atom. The van der Waals surface area contributed by atoms with Crippen LogP contribution in [-0.2, 0) is 6.54 Å². The third kappa shape index (κ3) is 3.89. The van der Waals surface area contributed by atoms with Crippen LogP contribution in [0.4, 0.5) is 0 Å². The zero-order chi connectivity index (χ0) is 11.3. The first kappa shape index (κ1) is 12.6. The molecule has 0 radical (unpaired) electrons. The first-order valence-corrected chi connectivity index (χ1v) is 6.27. The van der Waals surface area contributed by atoms with Gasteiger partial charge in [0.25, 0.3) is 0 Å². The lowest BCUT2D eigenvalue weighted by atomic mass is 10.2. The number of thiazole rings is 1. The molecule has 0 aliphatic heterocycles. The van der Waals surface area contributed by atoms with E-state index in [0.29, 0.717) is 5.92 Å². The van der Waals surface area contributed by atoms with Crippen molar-refractivity contribution in [3.8, 4) is 0 Å². The Balaban J connectivity index is 2.43. The van der Waals surface area contributed by atoms with Gasteiger partial charge in [-0.2, -0.15) is 0 Å². The van der Waals surface area contributed by atoms with Crippen molar-refractivity contribution in [3.63, 3.8) is 0 Å². The molecule has 1 aromatic heterocycles. The highest BCUT2D eigenvalue weighted by atomic mass is 32.1. The number of hydrogen-bond donors (Lipinski definition) is 2. The molecule has 2 N–H and O–H groups in total. The molecule has 0 amide bonds. The van der Waals surface area contributed by atoms with Crippen LogP contribution in [-0.4, -0.2) is 22.7 Å². The van der Waals surface area contributed by atoms with Crippen molar-refractivity contribution in [1.29, 1.82) is 0 Å². The maximum atomic E-state index is 9.02. The van der Waals surface area contributed by atoms with Crippen LogP contribution in [0.1, 0.15) is 43.0 Å².